The number of aromatic nitrogens is 2. The third-order valence-corrected chi connectivity index (χ3v) is 6.54. The van der Waals surface area contributed by atoms with E-state index in [0.717, 1.165) is 61.6 Å². The highest BCUT2D eigenvalue weighted by atomic mass is 16.5. The fourth-order valence-corrected chi connectivity index (χ4v) is 4.84. The Balaban J connectivity index is 1.58. The van der Waals surface area contributed by atoms with Crippen LogP contribution in [0.5, 0.6) is 0 Å². The summed E-state index contributed by atoms with van der Waals surface area (Å²) in [6.07, 6.45) is 8.84. The third kappa shape index (κ3) is 4.77. The second-order valence-corrected chi connectivity index (χ2v) is 8.71. The Morgan fingerprint density at radius 1 is 1.03 bits per heavy atom. The lowest BCUT2D eigenvalue weighted by atomic mass is 9.84. The predicted octanol–water partition coefficient (Wildman–Crippen LogP) is 5.62. The Morgan fingerprint density at radius 2 is 1.80 bits per heavy atom. The number of benzene rings is 1. The molecule has 2 aliphatic rings. The number of ether oxygens (including phenoxy) is 1. The molecule has 0 radical (unpaired) electrons. The molecule has 2 aromatic rings. The van der Waals surface area contributed by atoms with Crippen molar-refractivity contribution >= 4 is 17.5 Å². The third-order valence-electron chi connectivity index (χ3n) is 6.54. The van der Waals surface area contributed by atoms with Gasteiger partial charge in [0.1, 0.15) is 5.82 Å². The molecule has 1 unspecified atom stereocenters. The van der Waals surface area contributed by atoms with Crippen LogP contribution >= 0.6 is 0 Å². The summed E-state index contributed by atoms with van der Waals surface area (Å²) in [6, 6.07) is 9.04. The maximum atomic E-state index is 5.71. The molecule has 1 atom stereocenters. The summed E-state index contributed by atoms with van der Waals surface area (Å²) in [7, 11) is 0. The molecule has 1 aromatic carbocycles. The van der Waals surface area contributed by atoms with Crippen molar-refractivity contribution in [2.75, 3.05) is 29.9 Å². The first-order valence-corrected chi connectivity index (χ1v) is 11.8. The monoisotopic (exact) mass is 408 g/mol. The van der Waals surface area contributed by atoms with E-state index in [0.29, 0.717) is 0 Å². The van der Waals surface area contributed by atoms with Gasteiger partial charge in [-0.15, -0.1) is 0 Å². The summed E-state index contributed by atoms with van der Waals surface area (Å²) < 4.78 is 5.71. The molecule has 0 amide bonds. The van der Waals surface area contributed by atoms with E-state index in [1.807, 2.05) is 0 Å². The van der Waals surface area contributed by atoms with Crippen molar-refractivity contribution in [1.82, 2.24) is 9.97 Å². The summed E-state index contributed by atoms with van der Waals surface area (Å²) in [5.41, 5.74) is 4.95. The zero-order valence-corrected chi connectivity index (χ0v) is 18.8. The van der Waals surface area contributed by atoms with Gasteiger partial charge >= 0.3 is 0 Å². The van der Waals surface area contributed by atoms with Gasteiger partial charge in [-0.1, -0.05) is 45.2 Å². The Hall–Kier alpha value is -2.14. The molecule has 0 spiro atoms. The first-order valence-electron chi connectivity index (χ1n) is 11.8. The summed E-state index contributed by atoms with van der Waals surface area (Å²) >= 11 is 0. The zero-order chi connectivity index (χ0) is 20.9. The SMILES string of the molecule is CCc1nc(N2CCOC(C)C2)nc(Nc2ccc(C3CCCCC3)cc2)c1CC. The van der Waals surface area contributed by atoms with E-state index in [9.17, 15) is 0 Å². The number of anilines is 3. The molecule has 1 saturated carbocycles. The number of hydrogen-bond acceptors (Lipinski definition) is 5. The lowest BCUT2D eigenvalue weighted by Gasteiger charge is -2.32. The van der Waals surface area contributed by atoms with Crippen molar-refractivity contribution in [1.29, 1.82) is 0 Å². The topological polar surface area (TPSA) is 50.3 Å². The van der Waals surface area contributed by atoms with Crippen LogP contribution in [-0.4, -0.2) is 35.8 Å². The molecule has 1 saturated heterocycles. The highest BCUT2D eigenvalue weighted by Gasteiger charge is 2.22. The average molecular weight is 409 g/mol. The van der Waals surface area contributed by atoms with Gasteiger partial charge in [-0.05, 0) is 56.2 Å². The lowest BCUT2D eigenvalue weighted by molar-refractivity contribution is 0.0526. The molecule has 1 aliphatic carbocycles. The van der Waals surface area contributed by atoms with Crippen LogP contribution in [0.3, 0.4) is 0 Å². The normalized spacial score (nSPS) is 20.4. The second-order valence-electron chi connectivity index (χ2n) is 8.71. The quantitative estimate of drug-likeness (QED) is 0.672. The molecule has 30 heavy (non-hydrogen) atoms. The van der Waals surface area contributed by atoms with Gasteiger partial charge < -0.3 is 15.0 Å². The fourth-order valence-electron chi connectivity index (χ4n) is 4.84. The van der Waals surface area contributed by atoms with Crippen LogP contribution < -0.4 is 10.2 Å². The van der Waals surface area contributed by atoms with Crippen LogP contribution in [0.2, 0.25) is 0 Å². The van der Waals surface area contributed by atoms with Crippen molar-refractivity contribution < 1.29 is 4.74 Å². The van der Waals surface area contributed by atoms with E-state index in [1.54, 1.807) is 0 Å². The van der Waals surface area contributed by atoms with Gasteiger partial charge in [-0.2, -0.15) is 4.98 Å². The predicted molar refractivity (Wildman–Crippen MR) is 124 cm³/mol. The standard InChI is InChI=1S/C25H36N4O/c1-4-22-23(5-2)27-25(29-15-16-30-18(3)17-29)28-24(22)26-21-13-11-20(12-14-21)19-9-7-6-8-10-19/h11-14,18-19H,4-10,15-17H2,1-3H3,(H,26,27,28). The van der Waals surface area contributed by atoms with Gasteiger partial charge in [0.05, 0.1) is 18.4 Å². The largest absolute Gasteiger partial charge is 0.375 e. The van der Waals surface area contributed by atoms with Gasteiger partial charge in [0.15, 0.2) is 0 Å². The first-order chi connectivity index (χ1) is 14.7. The van der Waals surface area contributed by atoms with Crippen molar-refractivity contribution in [2.45, 2.75) is 77.7 Å². The maximum absolute atomic E-state index is 5.71. The Bertz CT molecular complexity index is 830. The zero-order valence-electron chi connectivity index (χ0n) is 18.8. The van der Waals surface area contributed by atoms with Crippen LogP contribution in [0, 0.1) is 0 Å². The van der Waals surface area contributed by atoms with Gasteiger partial charge in [0, 0.05) is 24.3 Å². The van der Waals surface area contributed by atoms with E-state index in [1.165, 1.54) is 43.2 Å². The smallest absolute Gasteiger partial charge is 0.227 e. The molecule has 1 N–H and O–H groups in total. The maximum Gasteiger partial charge on any atom is 0.227 e. The van der Waals surface area contributed by atoms with E-state index in [2.05, 4.69) is 55.3 Å². The van der Waals surface area contributed by atoms with Gasteiger partial charge in [0.2, 0.25) is 5.95 Å². The van der Waals surface area contributed by atoms with Crippen molar-refractivity contribution in [3.8, 4) is 0 Å². The number of aryl methyl sites for hydroxylation is 1. The number of rotatable bonds is 6. The Morgan fingerprint density at radius 3 is 2.47 bits per heavy atom. The van der Waals surface area contributed by atoms with E-state index < -0.39 is 0 Å². The van der Waals surface area contributed by atoms with Crippen LogP contribution in [0.15, 0.2) is 24.3 Å². The molecule has 1 aliphatic heterocycles. The minimum absolute atomic E-state index is 0.210. The molecule has 162 valence electrons. The second kappa shape index (κ2) is 9.78. The van der Waals surface area contributed by atoms with Crippen molar-refractivity contribution in [2.24, 2.45) is 0 Å². The molecule has 0 bridgehead atoms. The number of nitrogens with one attached hydrogen (secondary N) is 1. The fraction of sp³-hybridized carbons (Fsp3) is 0.600. The van der Waals surface area contributed by atoms with Crippen LogP contribution in [0.25, 0.3) is 0 Å². The number of hydrogen-bond donors (Lipinski definition) is 1. The summed E-state index contributed by atoms with van der Waals surface area (Å²) in [5, 5.41) is 3.61. The molecule has 2 fully saturated rings. The van der Waals surface area contributed by atoms with Crippen LogP contribution in [-0.2, 0) is 17.6 Å². The van der Waals surface area contributed by atoms with Crippen molar-refractivity contribution in [3.63, 3.8) is 0 Å². The molecule has 2 heterocycles. The van der Waals surface area contributed by atoms with Gasteiger partial charge in [0.25, 0.3) is 0 Å². The number of nitrogens with zero attached hydrogens (tertiary/aromatic N) is 3. The summed E-state index contributed by atoms with van der Waals surface area (Å²) in [4.78, 5) is 12.1. The molecule has 5 heteroatoms. The van der Waals surface area contributed by atoms with Crippen LogP contribution in [0.4, 0.5) is 17.5 Å². The molecule has 4 rings (SSSR count). The summed E-state index contributed by atoms with van der Waals surface area (Å²) in [5.74, 6) is 2.50. The minimum Gasteiger partial charge on any atom is -0.375 e. The van der Waals surface area contributed by atoms with E-state index in [4.69, 9.17) is 14.7 Å². The highest BCUT2D eigenvalue weighted by molar-refractivity contribution is 5.62. The Kier molecular flexibility index (Phi) is 6.88. The van der Waals surface area contributed by atoms with Crippen LogP contribution in [0.1, 0.15) is 75.6 Å². The van der Waals surface area contributed by atoms with E-state index in [-0.39, 0.29) is 6.10 Å². The molecular formula is C25H36N4O. The highest BCUT2D eigenvalue weighted by Crippen LogP contribution is 2.33. The van der Waals surface area contributed by atoms with Crippen molar-refractivity contribution in [3.05, 3.63) is 41.1 Å². The minimum atomic E-state index is 0.210. The van der Waals surface area contributed by atoms with Gasteiger partial charge in [-0.25, -0.2) is 4.98 Å². The molecule has 5 nitrogen and oxygen atoms in total. The van der Waals surface area contributed by atoms with E-state index >= 15 is 0 Å². The first kappa shape index (κ1) is 21.1. The average Bonchev–Trinajstić information content (AvgIpc) is 2.79. The number of morpholine rings is 1. The summed E-state index contributed by atoms with van der Waals surface area (Å²) in [6.45, 7) is 8.88. The van der Waals surface area contributed by atoms with Gasteiger partial charge in [-0.3, -0.25) is 0 Å². The lowest BCUT2D eigenvalue weighted by Crippen LogP contribution is -2.42. The Labute approximate surface area is 181 Å². The molecular weight excluding hydrogens is 372 g/mol. The molecule has 1 aromatic heterocycles.